The largest absolute Gasteiger partial charge is 0.497 e. The van der Waals surface area contributed by atoms with Crippen molar-refractivity contribution in [1.29, 1.82) is 0 Å². The van der Waals surface area contributed by atoms with Gasteiger partial charge < -0.3 is 18.9 Å². The highest BCUT2D eigenvalue weighted by atomic mass is 35.5. The normalized spacial score (nSPS) is 13.8. The summed E-state index contributed by atoms with van der Waals surface area (Å²) in [5, 5.41) is 0.660. The van der Waals surface area contributed by atoms with Gasteiger partial charge in [0.15, 0.2) is 11.7 Å². The molecule has 3 aromatic rings. The molecule has 0 N–H and O–H groups in total. The molecule has 1 saturated heterocycles. The van der Waals surface area contributed by atoms with E-state index in [4.69, 9.17) is 23.9 Å². The van der Waals surface area contributed by atoms with E-state index >= 15 is 0 Å². The van der Waals surface area contributed by atoms with Gasteiger partial charge in [0.2, 0.25) is 0 Å². The Morgan fingerprint density at radius 2 is 1.80 bits per heavy atom. The summed E-state index contributed by atoms with van der Waals surface area (Å²) in [5.41, 5.74) is 1.89. The summed E-state index contributed by atoms with van der Waals surface area (Å²) < 4.78 is 22.9. The summed E-state index contributed by atoms with van der Waals surface area (Å²) in [6.07, 6.45) is 0.834. The van der Waals surface area contributed by atoms with Crippen molar-refractivity contribution in [2.24, 2.45) is 0 Å². The Balaban J connectivity index is 0.00000342. The molecule has 4 rings (SSSR count). The second-order valence-electron chi connectivity index (χ2n) is 8.08. The molecule has 1 aromatic heterocycles. The highest BCUT2D eigenvalue weighted by Crippen LogP contribution is 2.36. The first kappa shape index (κ1) is 27.0. The molecule has 0 unspecified atom stereocenters. The van der Waals surface area contributed by atoms with E-state index in [-0.39, 0.29) is 24.9 Å². The number of carbonyl (C=O) groups is 1. The van der Waals surface area contributed by atoms with E-state index in [9.17, 15) is 4.79 Å². The number of methoxy groups -OCH3 is 2. The Hall–Kier alpha value is -2.59. The van der Waals surface area contributed by atoms with Gasteiger partial charge in [-0.2, -0.15) is 0 Å². The molecule has 0 aliphatic carbocycles. The number of amides is 1. The minimum Gasteiger partial charge on any atom is -0.497 e. The minimum atomic E-state index is -0.131. The Morgan fingerprint density at radius 1 is 1.09 bits per heavy atom. The Bertz CT molecular complexity index is 1100. The Labute approximate surface area is 216 Å². The van der Waals surface area contributed by atoms with Crippen molar-refractivity contribution in [2.45, 2.75) is 13.3 Å². The van der Waals surface area contributed by atoms with E-state index in [1.807, 2.05) is 31.2 Å². The van der Waals surface area contributed by atoms with Gasteiger partial charge in [-0.3, -0.25) is 14.6 Å². The van der Waals surface area contributed by atoms with Crippen LogP contribution in [0.1, 0.15) is 12.0 Å². The van der Waals surface area contributed by atoms with Gasteiger partial charge >= 0.3 is 0 Å². The van der Waals surface area contributed by atoms with Crippen molar-refractivity contribution < 1.29 is 23.7 Å². The Morgan fingerprint density at radius 3 is 2.49 bits per heavy atom. The first-order chi connectivity index (χ1) is 16.6. The monoisotopic (exact) mass is 521 g/mol. The fourth-order valence-corrected chi connectivity index (χ4v) is 4.97. The molecule has 1 aliphatic heterocycles. The number of morpholine rings is 1. The highest BCUT2D eigenvalue weighted by molar-refractivity contribution is 7.22. The Kier molecular flexibility index (Phi) is 9.97. The topological polar surface area (TPSA) is 73.4 Å². The van der Waals surface area contributed by atoms with Crippen molar-refractivity contribution in [3.8, 4) is 17.2 Å². The molecule has 1 amide bonds. The standard InChI is InChI=1S/C25H31N3O5S.ClH/c1-18-5-10-21(31-3)23-24(18)34-25(26-23)28(12-4-11-27-13-15-32-16-14-27)22(29)17-33-20-8-6-19(30-2)7-9-20;/h5-10H,4,11-17H2,1-3H3;1H. The average molecular weight is 522 g/mol. The number of carbonyl (C=O) groups excluding carboxylic acids is 1. The summed E-state index contributed by atoms with van der Waals surface area (Å²) in [4.78, 5) is 22.2. The predicted molar refractivity (Wildman–Crippen MR) is 141 cm³/mol. The lowest BCUT2D eigenvalue weighted by Gasteiger charge is -2.27. The molecular formula is C25H32ClN3O5S. The third kappa shape index (κ3) is 6.76. The van der Waals surface area contributed by atoms with Crippen LogP contribution >= 0.6 is 23.7 Å². The third-order valence-electron chi connectivity index (χ3n) is 5.83. The van der Waals surface area contributed by atoms with Crippen LogP contribution in [0.4, 0.5) is 5.13 Å². The van der Waals surface area contributed by atoms with Crippen LogP contribution in [0.2, 0.25) is 0 Å². The number of hydrogen-bond acceptors (Lipinski definition) is 8. The van der Waals surface area contributed by atoms with E-state index in [1.54, 1.807) is 31.3 Å². The molecule has 10 heteroatoms. The number of aryl methyl sites for hydroxylation is 1. The second-order valence-corrected chi connectivity index (χ2v) is 9.05. The van der Waals surface area contributed by atoms with Crippen LogP contribution in [0, 0.1) is 6.92 Å². The smallest absolute Gasteiger partial charge is 0.266 e. The summed E-state index contributed by atoms with van der Waals surface area (Å²) in [6.45, 7) is 6.79. The number of nitrogens with zero attached hydrogens (tertiary/aromatic N) is 3. The molecule has 0 atom stereocenters. The van der Waals surface area contributed by atoms with E-state index in [0.29, 0.717) is 23.2 Å². The van der Waals surface area contributed by atoms with E-state index in [1.165, 1.54) is 11.3 Å². The van der Waals surface area contributed by atoms with Crippen LogP contribution in [-0.2, 0) is 9.53 Å². The van der Waals surface area contributed by atoms with Crippen molar-refractivity contribution in [3.05, 3.63) is 42.0 Å². The quantitative estimate of drug-likeness (QED) is 0.396. The molecular weight excluding hydrogens is 490 g/mol. The third-order valence-corrected chi connectivity index (χ3v) is 7.04. The number of halogens is 1. The zero-order valence-electron chi connectivity index (χ0n) is 20.3. The molecule has 1 fully saturated rings. The molecule has 8 nitrogen and oxygen atoms in total. The zero-order chi connectivity index (χ0) is 23.9. The number of thiazole rings is 1. The van der Waals surface area contributed by atoms with E-state index < -0.39 is 0 Å². The van der Waals surface area contributed by atoms with E-state index in [0.717, 1.165) is 60.8 Å². The number of fused-ring (bicyclic) bond motifs is 1. The van der Waals surface area contributed by atoms with Gasteiger partial charge in [0.25, 0.3) is 5.91 Å². The molecule has 35 heavy (non-hydrogen) atoms. The maximum absolute atomic E-state index is 13.3. The lowest BCUT2D eigenvalue weighted by atomic mass is 10.2. The SMILES string of the molecule is COc1ccc(OCC(=O)N(CCCN2CCOCC2)c2nc3c(OC)ccc(C)c3s2)cc1.Cl. The predicted octanol–water partition coefficient (Wildman–Crippen LogP) is 4.18. The van der Waals surface area contributed by atoms with E-state index in [2.05, 4.69) is 4.90 Å². The van der Waals surface area contributed by atoms with Crippen molar-refractivity contribution in [2.75, 3.05) is 65.1 Å². The lowest BCUT2D eigenvalue weighted by molar-refractivity contribution is -0.120. The molecule has 190 valence electrons. The van der Waals surface area contributed by atoms with Crippen molar-refractivity contribution in [3.63, 3.8) is 0 Å². The average Bonchev–Trinajstić information content (AvgIpc) is 3.32. The summed E-state index contributed by atoms with van der Waals surface area (Å²) >= 11 is 1.51. The molecule has 0 radical (unpaired) electrons. The number of rotatable bonds is 10. The number of aromatic nitrogens is 1. The minimum absolute atomic E-state index is 0. The van der Waals surface area contributed by atoms with Gasteiger partial charge in [0, 0.05) is 26.2 Å². The lowest BCUT2D eigenvalue weighted by Crippen LogP contribution is -2.40. The molecule has 2 aromatic carbocycles. The molecule has 0 saturated carbocycles. The maximum Gasteiger partial charge on any atom is 0.266 e. The number of hydrogen-bond donors (Lipinski definition) is 0. The zero-order valence-corrected chi connectivity index (χ0v) is 22.0. The van der Waals surface area contributed by atoms with Gasteiger partial charge in [-0.25, -0.2) is 4.98 Å². The molecule has 1 aliphatic rings. The van der Waals surface area contributed by atoms with Gasteiger partial charge in [-0.05, 0) is 49.2 Å². The first-order valence-electron chi connectivity index (χ1n) is 11.4. The van der Waals surface area contributed by atoms with Crippen LogP contribution in [0.3, 0.4) is 0 Å². The molecule has 0 spiro atoms. The van der Waals surface area contributed by atoms with Gasteiger partial charge in [-0.1, -0.05) is 17.4 Å². The second kappa shape index (κ2) is 12.9. The van der Waals surface area contributed by atoms with Crippen molar-refractivity contribution >= 4 is 45.0 Å². The van der Waals surface area contributed by atoms with Gasteiger partial charge in [0.1, 0.15) is 22.8 Å². The first-order valence-corrected chi connectivity index (χ1v) is 12.2. The van der Waals surface area contributed by atoms with Crippen LogP contribution in [0.25, 0.3) is 10.2 Å². The van der Waals surface area contributed by atoms with Crippen molar-refractivity contribution in [1.82, 2.24) is 9.88 Å². The maximum atomic E-state index is 13.3. The number of ether oxygens (including phenoxy) is 4. The van der Waals surface area contributed by atoms with Crippen LogP contribution in [0.15, 0.2) is 36.4 Å². The summed E-state index contributed by atoms with van der Waals surface area (Å²) in [5.74, 6) is 1.93. The molecule has 2 heterocycles. The fraction of sp³-hybridized carbons (Fsp3) is 0.440. The van der Waals surface area contributed by atoms with Crippen LogP contribution in [-0.4, -0.2) is 76.0 Å². The van der Waals surface area contributed by atoms with Gasteiger partial charge in [0.05, 0.1) is 32.1 Å². The molecule has 0 bridgehead atoms. The summed E-state index contributed by atoms with van der Waals surface area (Å²) in [7, 11) is 3.25. The highest BCUT2D eigenvalue weighted by Gasteiger charge is 2.22. The number of anilines is 1. The summed E-state index contributed by atoms with van der Waals surface area (Å²) in [6, 6.07) is 11.1. The van der Waals surface area contributed by atoms with Crippen LogP contribution < -0.4 is 19.1 Å². The number of benzene rings is 2. The van der Waals surface area contributed by atoms with Crippen LogP contribution in [0.5, 0.6) is 17.2 Å². The van der Waals surface area contributed by atoms with Gasteiger partial charge in [-0.15, -0.1) is 12.4 Å². The fourth-order valence-electron chi connectivity index (χ4n) is 3.88.